The summed E-state index contributed by atoms with van der Waals surface area (Å²) < 4.78 is 6.51. The first-order valence-corrected chi connectivity index (χ1v) is 6.90. The average molecular weight is 292 g/mol. The molecule has 1 N–H and O–H groups in total. The molecule has 0 aromatic carbocycles. The van der Waals surface area contributed by atoms with Gasteiger partial charge in [0.2, 0.25) is 0 Å². The lowest BCUT2D eigenvalue weighted by Crippen LogP contribution is -2.25. The number of ether oxygens (including phenoxy) is 1. The summed E-state index contributed by atoms with van der Waals surface area (Å²) >= 11 is 5.31. The molecule has 0 bridgehead atoms. The normalized spacial score (nSPS) is 15.2. The second-order valence-corrected chi connectivity index (χ2v) is 5.17. The molecular weight excluding hydrogens is 274 g/mol. The van der Waals surface area contributed by atoms with E-state index in [2.05, 4.69) is 45.9 Å². The van der Waals surface area contributed by atoms with E-state index in [4.69, 9.17) is 4.74 Å². The molecule has 0 spiro atoms. The summed E-state index contributed by atoms with van der Waals surface area (Å²) in [5.74, 6) is 0. The van der Waals surface area contributed by atoms with Crippen LogP contribution in [0.3, 0.4) is 0 Å². The van der Waals surface area contributed by atoms with Gasteiger partial charge in [-0.15, -0.1) is 0 Å². The van der Waals surface area contributed by atoms with E-state index in [1.165, 1.54) is 10.0 Å². The Morgan fingerprint density at radius 1 is 1.53 bits per heavy atom. The molecular formula is C11H18BrNOS. The largest absolute Gasteiger partial charge is 0.382 e. The van der Waals surface area contributed by atoms with E-state index in [0.29, 0.717) is 6.04 Å². The van der Waals surface area contributed by atoms with Crippen LogP contribution in [-0.2, 0) is 4.74 Å². The second kappa shape index (κ2) is 6.63. The predicted octanol–water partition coefficient (Wildman–Crippen LogP) is 3.59. The quantitative estimate of drug-likeness (QED) is 0.865. The molecule has 2 atom stereocenters. The van der Waals surface area contributed by atoms with Gasteiger partial charge in [0.25, 0.3) is 0 Å². The molecule has 0 aliphatic carbocycles. The van der Waals surface area contributed by atoms with E-state index in [9.17, 15) is 0 Å². The third kappa shape index (κ3) is 3.87. The van der Waals surface area contributed by atoms with Crippen LogP contribution in [0.2, 0.25) is 0 Å². The van der Waals surface area contributed by atoms with E-state index >= 15 is 0 Å². The maximum atomic E-state index is 5.31. The number of rotatable bonds is 6. The van der Waals surface area contributed by atoms with Crippen molar-refractivity contribution < 1.29 is 4.74 Å². The summed E-state index contributed by atoms with van der Waals surface area (Å²) in [7, 11) is 1.76. The van der Waals surface area contributed by atoms with Crippen molar-refractivity contribution in [2.75, 3.05) is 13.7 Å². The maximum absolute atomic E-state index is 5.31. The molecule has 1 rings (SSSR count). The first-order chi connectivity index (χ1) is 7.19. The van der Waals surface area contributed by atoms with E-state index in [0.717, 1.165) is 13.0 Å². The molecule has 0 radical (unpaired) electrons. The van der Waals surface area contributed by atoms with Crippen LogP contribution in [0.5, 0.6) is 0 Å². The van der Waals surface area contributed by atoms with Crippen LogP contribution >= 0.6 is 27.3 Å². The van der Waals surface area contributed by atoms with Crippen molar-refractivity contribution in [3.8, 4) is 0 Å². The molecule has 1 aromatic rings. The lowest BCUT2D eigenvalue weighted by Gasteiger charge is -2.21. The summed E-state index contributed by atoms with van der Waals surface area (Å²) in [6, 6.07) is 0.380. The Hall–Kier alpha value is 0.100. The highest BCUT2D eigenvalue weighted by Crippen LogP contribution is 2.30. The average Bonchev–Trinajstić information content (AvgIpc) is 2.63. The molecule has 0 aliphatic rings. The number of hydrogen-bond acceptors (Lipinski definition) is 3. The molecule has 2 unspecified atom stereocenters. The monoisotopic (exact) mass is 291 g/mol. The van der Waals surface area contributed by atoms with Gasteiger partial charge in [0.15, 0.2) is 0 Å². The summed E-state index contributed by atoms with van der Waals surface area (Å²) in [5, 5.41) is 7.80. The third-order valence-corrected chi connectivity index (χ3v) is 4.19. The Balaban J connectivity index is 2.69. The van der Waals surface area contributed by atoms with Crippen molar-refractivity contribution in [2.24, 2.45) is 0 Å². The minimum atomic E-state index is 0.279. The van der Waals surface area contributed by atoms with Crippen molar-refractivity contribution in [3.05, 3.63) is 20.8 Å². The van der Waals surface area contributed by atoms with E-state index in [1.807, 2.05) is 0 Å². The fraction of sp³-hybridized carbons (Fsp3) is 0.636. The van der Waals surface area contributed by atoms with Gasteiger partial charge in [-0.2, -0.15) is 11.3 Å². The van der Waals surface area contributed by atoms with Crippen LogP contribution in [0, 0.1) is 0 Å². The molecule has 0 saturated carbocycles. The highest BCUT2D eigenvalue weighted by molar-refractivity contribution is 9.10. The van der Waals surface area contributed by atoms with Crippen molar-refractivity contribution in [3.63, 3.8) is 0 Å². The van der Waals surface area contributed by atoms with Gasteiger partial charge in [0, 0.05) is 23.0 Å². The summed E-state index contributed by atoms with van der Waals surface area (Å²) in [5.41, 5.74) is 1.34. The van der Waals surface area contributed by atoms with Gasteiger partial charge >= 0.3 is 0 Å². The predicted molar refractivity (Wildman–Crippen MR) is 69.5 cm³/mol. The van der Waals surface area contributed by atoms with Crippen LogP contribution in [0.1, 0.15) is 31.9 Å². The smallest absolute Gasteiger partial charge is 0.0561 e. The fourth-order valence-corrected chi connectivity index (χ4v) is 3.16. The molecule has 0 amide bonds. The highest BCUT2D eigenvalue weighted by Gasteiger charge is 2.17. The molecule has 2 nitrogen and oxygen atoms in total. The van der Waals surface area contributed by atoms with E-state index in [1.54, 1.807) is 18.4 Å². The van der Waals surface area contributed by atoms with Gasteiger partial charge in [0.1, 0.15) is 0 Å². The minimum Gasteiger partial charge on any atom is -0.382 e. The number of methoxy groups -OCH3 is 1. The lowest BCUT2D eigenvalue weighted by atomic mass is 10.0. The topological polar surface area (TPSA) is 21.3 Å². The van der Waals surface area contributed by atoms with Crippen LogP contribution < -0.4 is 5.32 Å². The Labute approximate surface area is 104 Å². The highest BCUT2D eigenvalue weighted by atomic mass is 79.9. The fourth-order valence-electron chi connectivity index (χ4n) is 1.53. The molecule has 86 valence electrons. The van der Waals surface area contributed by atoms with E-state index in [-0.39, 0.29) is 6.10 Å². The van der Waals surface area contributed by atoms with Gasteiger partial charge < -0.3 is 10.1 Å². The van der Waals surface area contributed by atoms with Crippen LogP contribution in [-0.4, -0.2) is 19.8 Å². The molecule has 1 heterocycles. The van der Waals surface area contributed by atoms with Crippen LogP contribution in [0.25, 0.3) is 0 Å². The summed E-state index contributed by atoms with van der Waals surface area (Å²) in [4.78, 5) is 0. The van der Waals surface area contributed by atoms with Gasteiger partial charge in [-0.1, -0.05) is 6.92 Å². The Kier molecular flexibility index (Phi) is 5.82. The number of thiophene rings is 1. The SMILES string of the molecule is CCNC(CC(C)OC)c1cscc1Br. The Morgan fingerprint density at radius 3 is 2.73 bits per heavy atom. The molecule has 1 aromatic heterocycles. The number of hydrogen-bond donors (Lipinski definition) is 1. The zero-order valence-electron chi connectivity index (χ0n) is 9.42. The standard InChI is InChI=1S/C11H18BrNOS/c1-4-13-11(5-8(2)14-3)9-6-15-7-10(9)12/h6-8,11,13H,4-5H2,1-3H3. The Bertz CT molecular complexity index is 290. The van der Waals surface area contributed by atoms with Gasteiger partial charge in [-0.05, 0) is 46.8 Å². The molecule has 15 heavy (non-hydrogen) atoms. The Morgan fingerprint density at radius 2 is 2.27 bits per heavy atom. The zero-order valence-corrected chi connectivity index (χ0v) is 11.8. The third-order valence-electron chi connectivity index (χ3n) is 2.44. The summed E-state index contributed by atoms with van der Waals surface area (Å²) in [6.45, 7) is 5.21. The van der Waals surface area contributed by atoms with Gasteiger partial charge in [0.05, 0.1) is 6.10 Å². The van der Waals surface area contributed by atoms with Crippen LogP contribution in [0.4, 0.5) is 0 Å². The summed E-state index contributed by atoms with van der Waals surface area (Å²) in [6.07, 6.45) is 1.28. The molecule has 0 aliphatic heterocycles. The van der Waals surface area contributed by atoms with Crippen LogP contribution in [0.15, 0.2) is 15.2 Å². The minimum absolute atomic E-state index is 0.279. The van der Waals surface area contributed by atoms with Crippen molar-refractivity contribution in [2.45, 2.75) is 32.4 Å². The second-order valence-electron chi connectivity index (χ2n) is 3.57. The molecule has 0 fully saturated rings. The first kappa shape index (κ1) is 13.2. The van der Waals surface area contributed by atoms with Crippen molar-refractivity contribution >= 4 is 27.3 Å². The zero-order chi connectivity index (χ0) is 11.3. The molecule has 4 heteroatoms. The van der Waals surface area contributed by atoms with Gasteiger partial charge in [-0.25, -0.2) is 0 Å². The van der Waals surface area contributed by atoms with Crippen molar-refractivity contribution in [1.82, 2.24) is 5.32 Å². The first-order valence-electron chi connectivity index (χ1n) is 5.16. The molecule has 0 saturated heterocycles. The lowest BCUT2D eigenvalue weighted by molar-refractivity contribution is 0.101. The van der Waals surface area contributed by atoms with Crippen molar-refractivity contribution in [1.29, 1.82) is 0 Å². The number of nitrogens with one attached hydrogen (secondary N) is 1. The maximum Gasteiger partial charge on any atom is 0.0561 e. The van der Waals surface area contributed by atoms with E-state index < -0.39 is 0 Å². The number of halogens is 1. The van der Waals surface area contributed by atoms with Gasteiger partial charge in [-0.3, -0.25) is 0 Å².